The van der Waals surface area contributed by atoms with E-state index in [2.05, 4.69) is 123 Å². The van der Waals surface area contributed by atoms with Crippen molar-refractivity contribution in [3.63, 3.8) is 0 Å². The second kappa shape index (κ2) is 62.2. The van der Waals surface area contributed by atoms with Gasteiger partial charge in [-0.15, -0.1) is 0 Å². The average molecular weight is 1170 g/mol. The van der Waals surface area contributed by atoms with E-state index in [1.807, 2.05) is 21.1 Å². The lowest BCUT2D eigenvalue weighted by molar-refractivity contribution is -0.870. The Bertz CT molecular complexity index is 1750. The van der Waals surface area contributed by atoms with Crippen LogP contribution in [0.25, 0.3) is 0 Å². The Morgan fingerprint density at radius 3 is 1.04 bits per heavy atom. The molecule has 9 nitrogen and oxygen atoms in total. The number of hydrogen-bond acceptors (Lipinski definition) is 7. The van der Waals surface area contributed by atoms with Gasteiger partial charge in [0.05, 0.1) is 27.7 Å². The predicted molar refractivity (Wildman–Crippen MR) is 353 cm³/mol. The summed E-state index contributed by atoms with van der Waals surface area (Å²) in [6, 6.07) is 0. The molecule has 0 radical (unpaired) electrons. The van der Waals surface area contributed by atoms with E-state index in [1.165, 1.54) is 148 Å². The highest BCUT2D eigenvalue weighted by Crippen LogP contribution is 2.43. The zero-order valence-corrected chi connectivity index (χ0v) is 54.6. The van der Waals surface area contributed by atoms with Crippen LogP contribution in [0.1, 0.15) is 284 Å². The van der Waals surface area contributed by atoms with Crippen molar-refractivity contribution in [2.75, 3.05) is 47.5 Å². The molecule has 472 valence electrons. The number of phosphoric acid groups is 1. The van der Waals surface area contributed by atoms with Gasteiger partial charge in [0.15, 0.2) is 6.10 Å². The summed E-state index contributed by atoms with van der Waals surface area (Å²) in [5.74, 6) is -0.805. The highest BCUT2D eigenvalue weighted by atomic mass is 31.2. The molecule has 0 bridgehead atoms. The Morgan fingerprint density at radius 2 is 0.695 bits per heavy atom. The molecule has 0 amide bonds. The molecule has 2 atom stereocenters. The van der Waals surface area contributed by atoms with Gasteiger partial charge in [-0.2, -0.15) is 0 Å². The highest BCUT2D eigenvalue weighted by molar-refractivity contribution is 7.47. The molecule has 1 N–H and O–H groups in total. The molecule has 0 saturated carbocycles. The molecule has 0 heterocycles. The lowest BCUT2D eigenvalue weighted by Gasteiger charge is -2.24. The van der Waals surface area contributed by atoms with Crippen LogP contribution >= 0.6 is 7.82 Å². The smallest absolute Gasteiger partial charge is 0.462 e. The molecule has 0 aliphatic carbocycles. The molecule has 0 spiro atoms. The van der Waals surface area contributed by atoms with Crippen LogP contribution in [0.5, 0.6) is 0 Å². The van der Waals surface area contributed by atoms with E-state index in [1.54, 1.807) is 0 Å². The first-order chi connectivity index (χ1) is 40.0. The van der Waals surface area contributed by atoms with E-state index < -0.39 is 26.5 Å². The first-order valence-electron chi connectivity index (χ1n) is 33.6. The summed E-state index contributed by atoms with van der Waals surface area (Å²) in [6.45, 7) is 4.33. The molecular formula is C72H127NO8P+. The monoisotopic (exact) mass is 1160 g/mol. The maximum Gasteiger partial charge on any atom is 0.472 e. The van der Waals surface area contributed by atoms with Crippen LogP contribution in [-0.4, -0.2) is 74.9 Å². The van der Waals surface area contributed by atoms with Crippen LogP contribution in [0.3, 0.4) is 0 Å². The fourth-order valence-electron chi connectivity index (χ4n) is 9.19. The number of carbonyl (C=O) groups is 2. The molecule has 10 heteroatoms. The summed E-state index contributed by atoms with van der Waals surface area (Å²) in [5, 5.41) is 0. The molecule has 2 unspecified atom stereocenters. The number of carbonyl (C=O) groups excluding carboxylic acids is 2. The van der Waals surface area contributed by atoms with Gasteiger partial charge in [-0.1, -0.05) is 297 Å². The lowest BCUT2D eigenvalue weighted by Crippen LogP contribution is -2.37. The second-order valence-corrected chi connectivity index (χ2v) is 24.9. The van der Waals surface area contributed by atoms with Crippen LogP contribution in [0.4, 0.5) is 0 Å². The number of quaternary nitrogens is 1. The fraction of sp³-hybridized carbons (Fsp3) is 0.722. The zero-order valence-electron chi connectivity index (χ0n) is 53.7. The third-order valence-corrected chi connectivity index (χ3v) is 15.3. The second-order valence-electron chi connectivity index (χ2n) is 23.5. The van der Waals surface area contributed by atoms with Crippen LogP contribution in [0.15, 0.2) is 109 Å². The maximum absolute atomic E-state index is 12.9. The number of phosphoric ester groups is 1. The number of nitrogens with zero attached hydrogens (tertiary/aromatic N) is 1. The van der Waals surface area contributed by atoms with Gasteiger partial charge in [0, 0.05) is 12.8 Å². The molecule has 0 aliphatic rings. The van der Waals surface area contributed by atoms with Crippen molar-refractivity contribution >= 4 is 19.8 Å². The molecule has 0 aromatic carbocycles. The van der Waals surface area contributed by atoms with Crippen LogP contribution in [0, 0.1) is 0 Å². The molecule has 0 fully saturated rings. The van der Waals surface area contributed by atoms with Gasteiger partial charge >= 0.3 is 19.8 Å². The van der Waals surface area contributed by atoms with Gasteiger partial charge in [0.25, 0.3) is 0 Å². The SMILES string of the molecule is CC/C=C\C/C=C\C/C=C\C/C=C\C/C=C\C/C=C\C/C=C\C/C=C\C/C=C\CCCCCCCCCC(=O)OC(COC(=O)CCCCCCCCCCCCCCCCCCCCCCCCC)COP(=O)(O)OCC[N+](C)(C)C. The number of rotatable bonds is 61. The van der Waals surface area contributed by atoms with E-state index in [0.29, 0.717) is 17.4 Å². The van der Waals surface area contributed by atoms with Crippen molar-refractivity contribution in [3.05, 3.63) is 109 Å². The Morgan fingerprint density at radius 1 is 0.390 bits per heavy atom. The largest absolute Gasteiger partial charge is 0.472 e. The van der Waals surface area contributed by atoms with E-state index in [-0.39, 0.29) is 32.0 Å². The number of esters is 2. The highest BCUT2D eigenvalue weighted by Gasteiger charge is 2.27. The van der Waals surface area contributed by atoms with Gasteiger partial charge in [-0.25, -0.2) is 4.57 Å². The standard InChI is InChI=1S/C72H126NO8P/c1-6-8-10-12-14-16-18-20-22-24-26-28-30-31-32-33-34-35-36-37-38-39-40-41-43-45-47-49-51-53-55-57-59-61-63-65-72(75)81-70(69-80-82(76,77)79-67-66-73(3,4)5)68-78-71(74)64-62-60-58-56-54-52-50-48-46-44-42-29-27-25-23-21-19-17-15-13-11-9-7-2/h8,10,14,16,20,22,26,28,31-32,34-35,37-38,40-41,45,47,70H,6-7,9,11-13,15,17-19,21,23-25,27,29-30,33,36,39,42-44,46,48-69H2,1-5H3/p+1/b10-8-,16-14-,22-20-,28-26-,32-31-,35-34-,38-37-,41-40-,47-45-. The summed E-state index contributed by atoms with van der Waals surface area (Å²) in [4.78, 5) is 35.8. The average Bonchev–Trinajstić information content (AvgIpc) is 3.45. The van der Waals surface area contributed by atoms with E-state index in [9.17, 15) is 19.0 Å². The first-order valence-corrected chi connectivity index (χ1v) is 35.1. The normalized spacial score (nSPS) is 13.9. The number of likely N-dealkylation sites (N-methyl/N-ethyl adjacent to an activating group) is 1. The number of allylic oxidation sites excluding steroid dienone is 18. The topological polar surface area (TPSA) is 108 Å². The summed E-state index contributed by atoms with van der Waals surface area (Å²) < 4.78 is 34.7. The molecule has 82 heavy (non-hydrogen) atoms. The van der Waals surface area contributed by atoms with E-state index in [4.69, 9.17) is 18.5 Å². The summed E-state index contributed by atoms with van der Waals surface area (Å²) in [5.41, 5.74) is 0. The minimum atomic E-state index is -4.40. The van der Waals surface area contributed by atoms with Crippen LogP contribution in [0.2, 0.25) is 0 Å². The maximum atomic E-state index is 12.9. The quantitative estimate of drug-likeness (QED) is 0.0211. The van der Waals surface area contributed by atoms with Crippen molar-refractivity contribution in [1.82, 2.24) is 0 Å². The first kappa shape index (κ1) is 78.7. The summed E-state index contributed by atoms with van der Waals surface area (Å²) in [7, 11) is 1.47. The molecule has 0 aromatic heterocycles. The van der Waals surface area contributed by atoms with Gasteiger partial charge in [0.1, 0.15) is 19.8 Å². The minimum Gasteiger partial charge on any atom is -0.462 e. The fourth-order valence-corrected chi connectivity index (χ4v) is 9.93. The number of hydrogen-bond donors (Lipinski definition) is 1. The predicted octanol–water partition coefficient (Wildman–Crippen LogP) is 21.7. The molecular weight excluding hydrogens is 1040 g/mol. The van der Waals surface area contributed by atoms with E-state index in [0.717, 1.165) is 103 Å². The Kier molecular flexibility index (Phi) is 59.7. The van der Waals surface area contributed by atoms with Crippen molar-refractivity contribution in [2.24, 2.45) is 0 Å². The number of unbranched alkanes of at least 4 members (excludes halogenated alkanes) is 29. The van der Waals surface area contributed by atoms with Crippen molar-refractivity contribution in [1.29, 1.82) is 0 Å². The Hall–Kier alpha value is -3.33. The zero-order chi connectivity index (χ0) is 59.8. The Balaban J connectivity index is 4.14. The van der Waals surface area contributed by atoms with Crippen LogP contribution in [-0.2, 0) is 32.7 Å². The van der Waals surface area contributed by atoms with Crippen LogP contribution < -0.4 is 0 Å². The third kappa shape index (κ3) is 65.8. The molecule has 0 saturated heterocycles. The molecule has 0 rings (SSSR count). The van der Waals surface area contributed by atoms with Gasteiger partial charge < -0.3 is 18.9 Å². The molecule has 0 aromatic rings. The summed E-state index contributed by atoms with van der Waals surface area (Å²) in [6.07, 6.45) is 87.5. The molecule has 0 aliphatic heterocycles. The Labute approximate surface area is 506 Å². The summed E-state index contributed by atoms with van der Waals surface area (Å²) >= 11 is 0. The minimum absolute atomic E-state index is 0.0257. The third-order valence-electron chi connectivity index (χ3n) is 14.3. The van der Waals surface area contributed by atoms with Gasteiger partial charge in [-0.05, 0) is 83.5 Å². The van der Waals surface area contributed by atoms with Crippen molar-refractivity contribution in [3.8, 4) is 0 Å². The van der Waals surface area contributed by atoms with Gasteiger partial charge in [0.2, 0.25) is 0 Å². The van der Waals surface area contributed by atoms with Gasteiger partial charge in [-0.3, -0.25) is 18.6 Å². The number of ether oxygens (including phenoxy) is 2. The van der Waals surface area contributed by atoms with E-state index >= 15 is 0 Å². The van der Waals surface area contributed by atoms with Crippen molar-refractivity contribution < 1.29 is 42.1 Å². The lowest BCUT2D eigenvalue weighted by atomic mass is 10.0. The van der Waals surface area contributed by atoms with Crippen molar-refractivity contribution in [2.45, 2.75) is 290 Å².